The van der Waals surface area contributed by atoms with Gasteiger partial charge in [-0.3, -0.25) is 9.97 Å². The highest BCUT2D eigenvalue weighted by molar-refractivity contribution is 6.10. The maximum atomic E-state index is 5.66. The van der Waals surface area contributed by atoms with Crippen LogP contribution >= 0.6 is 0 Å². The van der Waals surface area contributed by atoms with E-state index in [-0.39, 0.29) is 6.04 Å². The molecule has 11 aromatic rings. The summed E-state index contributed by atoms with van der Waals surface area (Å²) in [5, 5.41) is 8.87. The molecule has 7 aromatic carbocycles. The van der Waals surface area contributed by atoms with Crippen molar-refractivity contribution in [3.8, 4) is 22.5 Å². The van der Waals surface area contributed by atoms with Gasteiger partial charge in [-0.25, -0.2) is 9.97 Å². The van der Waals surface area contributed by atoms with Crippen LogP contribution in [0.5, 0.6) is 0 Å². The van der Waals surface area contributed by atoms with Crippen molar-refractivity contribution >= 4 is 89.3 Å². The van der Waals surface area contributed by atoms with Crippen LogP contribution in [0, 0.1) is 0 Å². The molecule has 4 aromatic heterocycles. The number of hydrogen-bond acceptors (Lipinski definition) is 6. The third-order valence-electron chi connectivity index (χ3n) is 15.3. The van der Waals surface area contributed by atoms with Gasteiger partial charge in [-0.15, -0.1) is 0 Å². The maximum Gasteiger partial charge on any atom is 0.0972 e. The summed E-state index contributed by atoms with van der Waals surface area (Å²) in [4.78, 5) is 26.2. The van der Waals surface area contributed by atoms with Crippen molar-refractivity contribution in [2.75, 3.05) is 9.80 Å². The zero-order valence-corrected chi connectivity index (χ0v) is 38.3. The molecular formula is C64H44N6. The highest BCUT2D eigenvalue weighted by Crippen LogP contribution is 2.46. The minimum absolute atomic E-state index is 0.0207. The molecule has 2 aliphatic heterocycles. The van der Waals surface area contributed by atoms with Gasteiger partial charge in [0.15, 0.2) is 0 Å². The van der Waals surface area contributed by atoms with Gasteiger partial charge in [0, 0.05) is 79.9 Å². The Hall–Kier alpha value is -8.74. The van der Waals surface area contributed by atoms with Crippen molar-refractivity contribution in [2.24, 2.45) is 0 Å². The monoisotopic (exact) mass is 896 g/mol. The molecule has 0 radical (unpaired) electrons. The number of para-hydroxylation sites is 3. The molecule has 6 nitrogen and oxygen atoms in total. The van der Waals surface area contributed by atoms with E-state index in [1.165, 1.54) is 50.2 Å². The number of rotatable bonds is 4. The lowest BCUT2D eigenvalue weighted by Crippen LogP contribution is -2.41. The standard InChI is InChI=1S/C64H44N6/c1-5-17-55-43(11-1)35-44-12-2-6-18-56(44)69(55)47-27-29-49-51(37-47)59(53-31-25-41-23-21-39-15-9-33-65-61(39)63(41)67-53)50-30-28-48(70-57-19-7-3-13-45(57)36-46-14-4-8-20-58(46)70)38-52(50)60(49)54-32-26-42-24-22-40-16-10-34-66-62(40)64(42)68-54/h1-3,5-13,15-26,28-34,37-38,47H,4,14,27,35-36H2. The number of hydrogen-bond donors (Lipinski definition) is 0. The lowest BCUT2D eigenvalue weighted by molar-refractivity contribution is 0.816. The van der Waals surface area contributed by atoms with Gasteiger partial charge in [-0.1, -0.05) is 127 Å². The summed E-state index contributed by atoms with van der Waals surface area (Å²) in [7, 11) is 0. The summed E-state index contributed by atoms with van der Waals surface area (Å²) in [5.74, 6) is 0. The molecule has 0 fully saturated rings. The number of pyridine rings is 4. The summed E-state index contributed by atoms with van der Waals surface area (Å²) < 4.78 is 0. The van der Waals surface area contributed by atoms with E-state index in [2.05, 4.69) is 186 Å². The lowest BCUT2D eigenvalue weighted by Gasteiger charge is -2.39. The maximum absolute atomic E-state index is 5.66. The molecule has 6 heterocycles. The van der Waals surface area contributed by atoms with Gasteiger partial charge in [-0.05, 0) is 130 Å². The van der Waals surface area contributed by atoms with Gasteiger partial charge < -0.3 is 9.80 Å². The molecule has 15 rings (SSSR count). The molecule has 0 N–H and O–H groups in total. The van der Waals surface area contributed by atoms with Crippen LogP contribution in [0.2, 0.25) is 0 Å². The smallest absolute Gasteiger partial charge is 0.0972 e. The summed E-state index contributed by atoms with van der Waals surface area (Å²) in [6.45, 7) is 0. The lowest BCUT2D eigenvalue weighted by atomic mass is 9.85. The van der Waals surface area contributed by atoms with Crippen molar-refractivity contribution in [3.63, 3.8) is 0 Å². The number of anilines is 4. The second kappa shape index (κ2) is 15.4. The van der Waals surface area contributed by atoms with Gasteiger partial charge in [0.1, 0.15) is 0 Å². The molecule has 2 aliphatic carbocycles. The number of fused-ring (bicyclic) bond motifs is 11. The Labute approximate surface area is 404 Å². The molecular weight excluding hydrogens is 853 g/mol. The highest BCUT2D eigenvalue weighted by Gasteiger charge is 2.31. The highest BCUT2D eigenvalue weighted by atomic mass is 15.2. The minimum Gasteiger partial charge on any atom is -0.334 e. The second-order valence-corrected chi connectivity index (χ2v) is 19.2. The van der Waals surface area contributed by atoms with E-state index < -0.39 is 0 Å². The Bertz CT molecular complexity index is 4220. The van der Waals surface area contributed by atoms with Crippen molar-refractivity contribution in [1.82, 2.24) is 19.9 Å². The van der Waals surface area contributed by atoms with Crippen LogP contribution in [0.4, 0.5) is 22.7 Å². The van der Waals surface area contributed by atoms with Crippen LogP contribution in [0.15, 0.2) is 200 Å². The zero-order chi connectivity index (χ0) is 45.9. The summed E-state index contributed by atoms with van der Waals surface area (Å²) in [5.41, 5.74) is 19.4. The van der Waals surface area contributed by atoms with E-state index in [9.17, 15) is 0 Å². The zero-order valence-electron chi connectivity index (χ0n) is 38.3. The van der Waals surface area contributed by atoms with Crippen LogP contribution in [0.1, 0.15) is 36.0 Å². The molecule has 0 spiro atoms. The van der Waals surface area contributed by atoms with Crippen LogP contribution in [-0.2, 0) is 12.8 Å². The average molecular weight is 897 g/mol. The fourth-order valence-electron chi connectivity index (χ4n) is 12.1. The summed E-state index contributed by atoms with van der Waals surface area (Å²) >= 11 is 0. The largest absolute Gasteiger partial charge is 0.334 e. The first-order valence-corrected chi connectivity index (χ1v) is 24.5. The Kier molecular flexibility index (Phi) is 8.63. The Morgan fingerprint density at radius 2 is 1.06 bits per heavy atom. The average Bonchev–Trinajstić information content (AvgIpc) is 3.42. The van der Waals surface area contributed by atoms with Crippen LogP contribution in [0.3, 0.4) is 0 Å². The van der Waals surface area contributed by atoms with E-state index >= 15 is 0 Å². The van der Waals surface area contributed by atoms with Crippen molar-refractivity contribution < 1.29 is 0 Å². The minimum atomic E-state index is 0.0207. The molecule has 0 saturated heterocycles. The predicted molar refractivity (Wildman–Crippen MR) is 288 cm³/mol. The van der Waals surface area contributed by atoms with E-state index in [4.69, 9.17) is 19.9 Å². The molecule has 4 aliphatic rings. The van der Waals surface area contributed by atoms with Crippen molar-refractivity contribution in [1.29, 1.82) is 0 Å². The van der Waals surface area contributed by atoms with Crippen LogP contribution in [-0.4, -0.2) is 26.0 Å². The third-order valence-corrected chi connectivity index (χ3v) is 15.3. The molecule has 0 bridgehead atoms. The van der Waals surface area contributed by atoms with E-state index in [1.54, 1.807) is 0 Å². The molecule has 0 saturated carbocycles. The first-order chi connectivity index (χ1) is 34.7. The van der Waals surface area contributed by atoms with Gasteiger partial charge in [0.05, 0.1) is 39.5 Å². The predicted octanol–water partition coefficient (Wildman–Crippen LogP) is 13.7. The van der Waals surface area contributed by atoms with E-state index in [1.807, 2.05) is 24.5 Å². The molecule has 70 heavy (non-hydrogen) atoms. The summed E-state index contributed by atoms with van der Waals surface area (Å²) in [6, 6.07) is 59.8. The van der Waals surface area contributed by atoms with E-state index in [0.717, 1.165) is 120 Å². The fourth-order valence-corrected chi connectivity index (χ4v) is 12.1. The Morgan fingerprint density at radius 3 is 1.71 bits per heavy atom. The summed E-state index contributed by atoms with van der Waals surface area (Å²) in [6.07, 6.45) is 18.3. The van der Waals surface area contributed by atoms with Crippen LogP contribution in [0.25, 0.3) is 89.1 Å². The van der Waals surface area contributed by atoms with Crippen LogP contribution < -0.4 is 20.2 Å². The Balaban J connectivity index is 1.07. The number of benzene rings is 7. The van der Waals surface area contributed by atoms with E-state index in [0.29, 0.717) is 0 Å². The number of nitrogens with zero attached hydrogens (tertiary/aromatic N) is 6. The first-order valence-electron chi connectivity index (χ1n) is 24.5. The first kappa shape index (κ1) is 39.3. The number of aromatic nitrogens is 4. The topological polar surface area (TPSA) is 58.0 Å². The normalized spacial score (nSPS) is 15.9. The SMILES string of the molecule is C1=CC2=C(CC1)Cc1ccccc1N2c1ccc2c(-c3ccc4ccc5cccnc5c4n3)c3c(c(-c4ccc5ccc6cccnc6c5n4)c2c1)=CCC(N1c2ccccc2Cc2ccccc21)C=3. The quantitative estimate of drug-likeness (QED) is 0.164. The van der Waals surface area contributed by atoms with Crippen molar-refractivity contribution in [2.45, 2.75) is 38.1 Å². The van der Waals surface area contributed by atoms with Gasteiger partial charge >= 0.3 is 0 Å². The molecule has 1 atom stereocenters. The van der Waals surface area contributed by atoms with Gasteiger partial charge in [-0.2, -0.15) is 0 Å². The molecule has 6 heteroatoms. The number of allylic oxidation sites excluding steroid dienone is 3. The molecule has 0 amide bonds. The third kappa shape index (κ3) is 5.99. The molecule has 1 unspecified atom stereocenters. The Morgan fingerprint density at radius 1 is 0.486 bits per heavy atom. The van der Waals surface area contributed by atoms with Crippen molar-refractivity contribution in [3.05, 3.63) is 227 Å². The van der Waals surface area contributed by atoms with Gasteiger partial charge in [0.2, 0.25) is 0 Å². The fraction of sp³-hybridized carbons (Fsp3) is 0.0938. The second-order valence-electron chi connectivity index (χ2n) is 19.2. The van der Waals surface area contributed by atoms with Gasteiger partial charge in [0.25, 0.3) is 0 Å². The molecule has 330 valence electrons.